The number of fused-ring (bicyclic) bond motifs is 3. The molecule has 0 aromatic heterocycles. The van der Waals surface area contributed by atoms with Crippen molar-refractivity contribution in [2.24, 2.45) is 11.8 Å². The Kier molecular flexibility index (Phi) is 3.28. The van der Waals surface area contributed by atoms with Crippen LogP contribution in [-0.2, 0) is 9.59 Å². The summed E-state index contributed by atoms with van der Waals surface area (Å²) in [5.41, 5.74) is 0. The normalized spacial score (nSPS) is 32.9. The minimum atomic E-state index is -0.0742. The van der Waals surface area contributed by atoms with Gasteiger partial charge in [0.2, 0.25) is 5.91 Å². The van der Waals surface area contributed by atoms with Crippen molar-refractivity contribution in [1.29, 1.82) is 0 Å². The van der Waals surface area contributed by atoms with Crippen molar-refractivity contribution in [3.63, 3.8) is 0 Å². The predicted molar refractivity (Wildman–Crippen MR) is 61.0 cm³/mol. The number of hydrogen-bond donors (Lipinski definition) is 0. The number of carbonyl (C=O) groups excluding carboxylic acids is 2. The van der Waals surface area contributed by atoms with Crippen molar-refractivity contribution in [3.05, 3.63) is 0 Å². The molecule has 4 nitrogen and oxygen atoms in total. The van der Waals surface area contributed by atoms with Gasteiger partial charge in [0.15, 0.2) is 5.78 Å². The number of amides is 1. The number of nitrogens with zero attached hydrogens (tertiary/aromatic N) is 2. The second-order valence-corrected chi connectivity index (χ2v) is 4.71. The van der Waals surface area contributed by atoms with E-state index in [1.807, 2.05) is 18.7 Å². The molecule has 4 heteroatoms. The lowest BCUT2D eigenvalue weighted by molar-refractivity contribution is -0.149. The van der Waals surface area contributed by atoms with E-state index in [2.05, 4.69) is 4.90 Å². The van der Waals surface area contributed by atoms with Crippen LogP contribution in [0.1, 0.15) is 20.3 Å². The summed E-state index contributed by atoms with van der Waals surface area (Å²) in [5, 5.41) is 0. The number of carbonyl (C=O) groups is 2. The quantitative estimate of drug-likeness (QED) is 0.695. The Morgan fingerprint density at radius 1 is 1.44 bits per heavy atom. The highest BCUT2D eigenvalue weighted by Crippen LogP contribution is 2.31. The zero-order valence-electron chi connectivity index (χ0n) is 10.1. The molecule has 0 aromatic rings. The number of hydrogen-bond acceptors (Lipinski definition) is 3. The van der Waals surface area contributed by atoms with Gasteiger partial charge in [-0.3, -0.25) is 14.5 Å². The summed E-state index contributed by atoms with van der Waals surface area (Å²) in [6.07, 6.45) is 0.872. The van der Waals surface area contributed by atoms with E-state index in [-0.39, 0.29) is 23.5 Å². The molecule has 0 radical (unpaired) electrons. The van der Waals surface area contributed by atoms with Crippen LogP contribution in [0.4, 0.5) is 0 Å². The van der Waals surface area contributed by atoms with Gasteiger partial charge < -0.3 is 4.90 Å². The predicted octanol–water partition coefficient (Wildman–Crippen LogP) is 0.376. The number of rotatable bonds is 3. The third-order valence-electron chi connectivity index (χ3n) is 3.88. The van der Waals surface area contributed by atoms with Crippen LogP contribution in [0.2, 0.25) is 0 Å². The van der Waals surface area contributed by atoms with Crippen molar-refractivity contribution < 1.29 is 9.59 Å². The number of piperidine rings is 3. The fraction of sp³-hybridized carbons (Fsp3) is 0.833. The lowest BCUT2D eigenvalue weighted by Crippen LogP contribution is -2.57. The molecule has 3 rings (SSSR count). The fourth-order valence-corrected chi connectivity index (χ4v) is 2.91. The summed E-state index contributed by atoms with van der Waals surface area (Å²) in [6, 6.07) is 0. The summed E-state index contributed by atoms with van der Waals surface area (Å²) >= 11 is 0. The maximum absolute atomic E-state index is 12.2. The largest absolute Gasteiger partial charge is 0.343 e. The molecule has 0 spiro atoms. The van der Waals surface area contributed by atoms with Gasteiger partial charge in [0.25, 0.3) is 0 Å². The fourth-order valence-electron chi connectivity index (χ4n) is 2.91. The van der Waals surface area contributed by atoms with Gasteiger partial charge in [0.05, 0.1) is 12.5 Å². The highest BCUT2D eigenvalue weighted by atomic mass is 16.2. The van der Waals surface area contributed by atoms with E-state index in [4.69, 9.17) is 0 Å². The van der Waals surface area contributed by atoms with Gasteiger partial charge in [0.1, 0.15) is 0 Å². The van der Waals surface area contributed by atoms with Gasteiger partial charge in [-0.25, -0.2) is 0 Å². The average Bonchev–Trinajstić information content (AvgIpc) is 2.30. The third kappa shape index (κ3) is 1.86. The summed E-state index contributed by atoms with van der Waals surface area (Å²) in [5.74, 6) is 0.365. The van der Waals surface area contributed by atoms with E-state index in [1.165, 1.54) is 0 Å². The molecule has 90 valence electrons. The molecule has 3 saturated heterocycles. The van der Waals surface area contributed by atoms with Gasteiger partial charge in [0, 0.05) is 25.6 Å². The van der Waals surface area contributed by atoms with E-state index in [0.717, 1.165) is 32.6 Å². The van der Waals surface area contributed by atoms with Crippen LogP contribution in [0.25, 0.3) is 0 Å². The van der Waals surface area contributed by atoms with Gasteiger partial charge in [-0.15, -0.1) is 0 Å². The van der Waals surface area contributed by atoms with Gasteiger partial charge in [-0.1, -0.05) is 0 Å². The molecule has 1 unspecified atom stereocenters. The molecule has 3 aliphatic rings. The molecular weight excluding hydrogens is 204 g/mol. The zero-order valence-corrected chi connectivity index (χ0v) is 10.1. The topological polar surface area (TPSA) is 40.6 Å². The molecule has 0 N–H and O–H groups in total. The van der Waals surface area contributed by atoms with Crippen LogP contribution in [0, 0.1) is 11.8 Å². The Morgan fingerprint density at radius 2 is 2.12 bits per heavy atom. The van der Waals surface area contributed by atoms with E-state index in [9.17, 15) is 9.59 Å². The Hall–Kier alpha value is -0.900. The van der Waals surface area contributed by atoms with E-state index >= 15 is 0 Å². The van der Waals surface area contributed by atoms with E-state index < -0.39 is 0 Å². The summed E-state index contributed by atoms with van der Waals surface area (Å²) in [6.45, 7) is 7.80. The molecule has 16 heavy (non-hydrogen) atoms. The van der Waals surface area contributed by atoms with Crippen molar-refractivity contribution >= 4 is 11.7 Å². The first-order chi connectivity index (χ1) is 7.67. The molecule has 3 aliphatic heterocycles. The molecule has 2 bridgehead atoms. The molecule has 3 heterocycles. The van der Waals surface area contributed by atoms with Gasteiger partial charge in [-0.05, 0) is 26.8 Å². The average molecular weight is 224 g/mol. The molecule has 3 atom stereocenters. The molecule has 0 saturated carbocycles. The number of Topliss-reactive ketones (excluding diaryl/α,β-unsaturated/α-hetero) is 1. The molecule has 1 amide bonds. The summed E-state index contributed by atoms with van der Waals surface area (Å²) in [7, 11) is 0. The van der Waals surface area contributed by atoms with Crippen LogP contribution in [0.15, 0.2) is 0 Å². The highest BCUT2D eigenvalue weighted by molar-refractivity contribution is 5.91. The summed E-state index contributed by atoms with van der Waals surface area (Å²) < 4.78 is 0. The van der Waals surface area contributed by atoms with Crippen LogP contribution < -0.4 is 0 Å². The monoisotopic (exact) mass is 224 g/mol. The van der Waals surface area contributed by atoms with Crippen molar-refractivity contribution in [2.75, 3.05) is 32.7 Å². The third-order valence-corrected chi connectivity index (χ3v) is 3.88. The van der Waals surface area contributed by atoms with Gasteiger partial charge in [-0.2, -0.15) is 0 Å². The molecule has 0 aliphatic carbocycles. The standard InChI is InChI=1S/C12H20N2O2/c1-3-14(4-2)12(16)10-7-13-6-5-9(10)11(15)8-13/h9-10H,3-8H2,1-2H3/t9-,10+/m1/s1. The van der Waals surface area contributed by atoms with Crippen LogP contribution >= 0.6 is 0 Å². The minimum absolute atomic E-state index is 0.00176. The van der Waals surface area contributed by atoms with Gasteiger partial charge >= 0.3 is 0 Å². The Bertz CT molecular complexity index is 299. The SMILES string of the molecule is CCN(CC)C(=O)[C@H]1CN2CC[C@H]1C(=O)C2. The first kappa shape index (κ1) is 11.6. The van der Waals surface area contributed by atoms with Crippen LogP contribution in [0.5, 0.6) is 0 Å². The molecular formula is C12H20N2O2. The Morgan fingerprint density at radius 3 is 2.62 bits per heavy atom. The smallest absolute Gasteiger partial charge is 0.227 e. The van der Waals surface area contributed by atoms with Crippen molar-refractivity contribution in [3.8, 4) is 0 Å². The lowest BCUT2D eigenvalue weighted by atomic mass is 9.77. The Balaban J connectivity index is 2.10. The number of ketones is 1. The maximum Gasteiger partial charge on any atom is 0.227 e. The molecule has 3 fully saturated rings. The summed E-state index contributed by atoms with van der Waals surface area (Å²) in [4.78, 5) is 28.0. The lowest BCUT2D eigenvalue weighted by Gasteiger charge is -2.43. The minimum Gasteiger partial charge on any atom is -0.343 e. The van der Waals surface area contributed by atoms with E-state index in [0.29, 0.717) is 6.54 Å². The first-order valence-electron chi connectivity index (χ1n) is 6.21. The van der Waals surface area contributed by atoms with Crippen molar-refractivity contribution in [2.45, 2.75) is 20.3 Å². The first-order valence-corrected chi connectivity index (χ1v) is 6.21. The van der Waals surface area contributed by atoms with Crippen molar-refractivity contribution in [1.82, 2.24) is 9.80 Å². The zero-order chi connectivity index (χ0) is 11.7. The van der Waals surface area contributed by atoms with Crippen LogP contribution in [0.3, 0.4) is 0 Å². The second kappa shape index (κ2) is 4.53. The van der Waals surface area contributed by atoms with E-state index in [1.54, 1.807) is 0 Å². The second-order valence-electron chi connectivity index (χ2n) is 4.71. The molecule has 0 aromatic carbocycles. The Labute approximate surface area is 96.6 Å². The maximum atomic E-state index is 12.2. The highest BCUT2D eigenvalue weighted by Gasteiger charge is 2.44. The van der Waals surface area contributed by atoms with Crippen LogP contribution in [-0.4, -0.2) is 54.2 Å².